The Labute approximate surface area is 155 Å². The van der Waals surface area contributed by atoms with Crippen LogP contribution in [0.2, 0.25) is 0 Å². The Bertz CT molecular complexity index is 680. The Morgan fingerprint density at radius 2 is 2.12 bits per heavy atom. The van der Waals surface area contributed by atoms with Gasteiger partial charge in [0.15, 0.2) is 0 Å². The number of nitrogens with zero attached hydrogens (tertiary/aromatic N) is 1. The summed E-state index contributed by atoms with van der Waals surface area (Å²) in [6.07, 6.45) is 1.01. The molecule has 3 saturated heterocycles. The SMILES string of the molecule is Cc1ccc(C)c(C2CN(C(=O)C3NNC4CCNCC43)C(C)CO2)c1. The van der Waals surface area contributed by atoms with Crippen LogP contribution in [0.4, 0.5) is 0 Å². The first-order valence-corrected chi connectivity index (χ1v) is 9.75. The maximum absolute atomic E-state index is 13.3. The highest BCUT2D eigenvalue weighted by molar-refractivity contribution is 5.83. The predicted octanol–water partition coefficient (Wildman–Crippen LogP) is 1.05. The molecule has 26 heavy (non-hydrogen) atoms. The smallest absolute Gasteiger partial charge is 0.241 e. The molecule has 5 atom stereocenters. The maximum atomic E-state index is 13.3. The molecule has 4 rings (SSSR count). The Balaban J connectivity index is 1.51. The zero-order chi connectivity index (χ0) is 18.3. The van der Waals surface area contributed by atoms with Crippen molar-refractivity contribution >= 4 is 5.91 Å². The average Bonchev–Trinajstić information content (AvgIpc) is 3.08. The second kappa shape index (κ2) is 7.27. The highest BCUT2D eigenvalue weighted by Gasteiger charge is 2.44. The largest absolute Gasteiger partial charge is 0.370 e. The number of ether oxygens (including phenoxy) is 1. The molecule has 3 N–H and O–H groups in total. The number of morpholine rings is 1. The van der Waals surface area contributed by atoms with Crippen LogP contribution in [0.1, 0.15) is 36.1 Å². The topological polar surface area (TPSA) is 65.6 Å². The van der Waals surface area contributed by atoms with Gasteiger partial charge in [0.2, 0.25) is 5.91 Å². The van der Waals surface area contributed by atoms with Gasteiger partial charge in [-0.15, -0.1) is 0 Å². The fraction of sp³-hybridized carbons (Fsp3) is 0.650. The molecule has 6 heteroatoms. The number of nitrogens with one attached hydrogen (secondary N) is 3. The van der Waals surface area contributed by atoms with Crippen LogP contribution in [-0.2, 0) is 9.53 Å². The molecule has 142 valence electrons. The van der Waals surface area contributed by atoms with E-state index in [0.717, 1.165) is 19.5 Å². The summed E-state index contributed by atoms with van der Waals surface area (Å²) in [4.78, 5) is 15.4. The molecule has 5 unspecified atom stereocenters. The second-order valence-corrected chi connectivity index (χ2v) is 8.05. The first kappa shape index (κ1) is 17.9. The maximum Gasteiger partial charge on any atom is 0.241 e. The second-order valence-electron chi connectivity index (χ2n) is 8.05. The Kier molecular flexibility index (Phi) is 5.01. The molecule has 0 bridgehead atoms. The highest BCUT2D eigenvalue weighted by Crippen LogP contribution is 2.30. The zero-order valence-corrected chi connectivity index (χ0v) is 15.9. The number of rotatable bonds is 2. The van der Waals surface area contributed by atoms with E-state index in [9.17, 15) is 4.79 Å². The Morgan fingerprint density at radius 3 is 2.96 bits per heavy atom. The van der Waals surface area contributed by atoms with Gasteiger partial charge in [-0.1, -0.05) is 23.8 Å². The van der Waals surface area contributed by atoms with E-state index in [1.54, 1.807) is 0 Å². The third kappa shape index (κ3) is 3.27. The van der Waals surface area contributed by atoms with Gasteiger partial charge < -0.3 is 15.0 Å². The van der Waals surface area contributed by atoms with E-state index in [0.29, 0.717) is 25.1 Å². The zero-order valence-electron chi connectivity index (χ0n) is 15.9. The van der Waals surface area contributed by atoms with Crippen molar-refractivity contribution in [3.05, 3.63) is 34.9 Å². The lowest BCUT2D eigenvalue weighted by atomic mass is 9.88. The van der Waals surface area contributed by atoms with Crippen molar-refractivity contribution in [3.63, 3.8) is 0 Å². The summed E-state index contributed by atoms with van der Waals surface area (Å²) in [6.45, 7) is 9.39. The minimum atomic E-state index is -0.160. The molecule has 1 amide bonds. The van der Waals surface area contributed by atoms with Gasteiger partial charge in [-0.05, 0) is 44.9 Å². The van der Waals surface area contributed by atoms with Crippen LogP contribution in [0.25, 0.3) is 0 Å². The number of hydrogen-bond donors (Lipinski definition) is 3. The van der Waals surface area contributed by atoms with E-state index in [-0.39, 0.29) is 24.1 Å². The first-order chi connectivity index (χ1) is 12.5. The highest BCUT2D eigenvalue weighted by atomic mass is 16.5. The summed E-state index contributed by atoms with van der Waals surface area (Å²) in [5.41, 5.74) is 10.2. The minimum Gasteiger partial charge on any atom is -0.370 e. The standard InChI is InChI=1S/C20H30N4O2/c1-12-4-5-13(2)15(8-12)18-10-24(14(3)11-26-18)20(25)19-16-9-21-7-6-17(16)22-23-19/h4-5,8,14,16-19,21-23H,6-7,9-11H2,1-3H3. The quantitative estimate of drug-likeness (QED) is 0.737. The van der Waals surface area contributed by atoms with Gasteiger partial charge >= 0.3 is 0 Å². The molecule has 3 aliphatic heterocycles. The monoisotopic (exact) mass is 358 g/mol. The number of piperidine rings is 1. The number of carbonyl (C=O) groups is 1. The molecule has 6 nitrogen and oxygen atoms in total. The molecule has 0 spiro atoms. The van der Waals surface area contributed by atoms with E-state index in [1.807, 2.05) is 4.90 Å². The summed E-state index contributed by atoms with van der Waals surface area (Å²) >= 11 is 0. The van der Waals surface area contributed by atoms with Crippen LogP contribution >= 0.6 is 0 Å². The fourth-order valence-electron chi connectivity index (χ4n) is 4.50. The number of fused-ring (bicyclic) bond motifs is 1. The molecule has 3 heterocycles. The normalized spacial score (nSPS) is 34.6. The molecular formula is C20H30N4O2. The van der Waals surface area contributed by atoms with E-state index < -0.39 is 0 Å². The van der Waals surface area contributed by atoms with Crippen LogP contribution in [0, 0.1) is 19.8 Å². The van der Waals surface area contributed by atoms with Gasteiger partial charge in [-0.25, -0.2) is 5.43 Å². The van der Waals surface area contributed by atoms with Gasteiger partial charge in [-0.2, -0.15) is 0 Å². The molecule has 1 aromatic carbocycles. The van der Waals surface area contributed by atoms with Gasteiger partial charge in [0, 0.05) is 18.5 Å². The number of amides is 1. The van der Waals surface area contributed by atoms with Crippen LogP contribution in [0.5, 0.6) is 0 Å². The summed E-state index contributed by atoms with van der Waals surface area (Å²) in [6, 6.07) is 6.77. The summed E-state index contributed by atoms with van der Waals surface area (Å²) in [5.74, 6) is 0.505. The molecule has 0 radical (unpaired) electrons. The fourth-order valence-corrected chi connectivity index (χ4v) is 4.50. The van der Waals surface area contributed by atoms with Gasteiger partial charge in [0.05, 0.1) is 19.2 Å². The molecule has 1 aromatic rings. The van der Waals surface area contributed by atoms with Crippen molar-refractivity contribution in [2.45, 2.75) is 51.4 Å². The van der Waals surface area contributed by atoms with Gasteiger partial charge in [-0.3, -0.25) is 10.2 Å². The van der Waals surface area contributed by atoms with Crippen molar-refractivity contribution in [1.29, 1.82) is 0 Å². The summed E-state index contributed by atoms with van der Waals surface area (Å²) in [7, 11) is 0. The third-order valence-electron chi connectivity index (χ3n) is 6.15. The van der Waals surface area contributed by atoms with Gasteiger partial charge in [0.25, 0.3) is 0 Å². The van der Waals surface area contributed by atoms with E-state index in [2.05, 4.69) is 55.1 Å². The predicted molar refractivity (Wildman–Crippen MR) is 101 cm³/mol. The number of benzene rings is 1. The van der Waals surface area contributed by atoms with Gasteiger partial charge in [0.1, 0.15) is 12.1 Å². The number of aryl methyl sites for hydroxylation is 2. The minimum absolute atomic E-state index is 0.0512. The lowest BCUT2D eigenvalue weighted by Gasteiger charge is -2.40. The van der Waals surface area contributed by atoms with Crippen molar-refractivity contribution in [2.75, 3.05) is 26.2 Å². The van der Waals surface area contributed by atoms with E-state index >= 15 is 0 Å². The van der Waals surface area contributed by atoms with Crippen LogP contribution < -0.4 is 16.2 Å². The number of hydrogen-bond acceptors (Lipinski definition) is 5. The van der Waals surface area contributed by atoms with Crippen molar-refractivity contribution in [2.24, 2.45) is 5.92 Å². The number of hydrazine groups is 1. The van der Waals surface area contributed by atoms with Crippen molar-refractivity contribution in [1.82, 2.24) is 21.1 Å². The van der Waals surface area contributed by atoms with E-state index in [4.69, 9.17) is 4.74 Å². The Hall–Kier alpha value is -1.47. The summed E-state index contributed by atoms with van der Waals surface area (Å²) < 4.78 is 6.12. The molecule has 0 saturated carbocycles. The van der Waals surface area contributed by atoms with Crippen LogP contribution in [-0.4, -0.2) is 55.2 Å². The lowest BCUT2D eigenvalue weighted by Crippen LogP contribution is -2.56. The first-order valence-electron chi connectivity index (χ1n) is 9.75. The Morgan fingerprint density at radius 1 is 1.27 bits per heavy atom. The van der Waals surface area contributed by atoms with Crippen molar-refractivity contribution < 1.29 is 9.53 Å². The lowest BCUT2D eigenvalue weighted by molar-refractivity contribution is -0.147. The average molecular weight is 358 g/mol. The summed E-state index contributed by atoms with van der Waals surface area (Å²) in [5, 5.41) is 3.43. The molecular weight excluding hydrogens is 328 g/mol. The van der Waals surface area contributed by atoms with E-state index in [1.165, 1.54) is 16.7 Å². The molecule has 0 aliphatic carbocycles. The van der Waals surface area contributed by atoms with Crippen LogP contribution in [0.3, 0.4) is 0 Å². The molecule has 3 aliphatic rings. The number of carbonyl (C=O) groups excluding carboxylic acids is 1. The third-order valence-corrected chi connectivity index (χ3v) is 6.15. The van der Waals surface area contributed by atoms with Crippen molar-refractivity contribution in [3.8, 4) is 0 Å². The van der Waals surface area contributed by atoms with Crippen LogP contribution in [0.15, 0.2) is 18.2 Å². The molecule has 3 fully saturated rings. The molecule has 0 aromatic heterocycles.